The van der Waals surface area contributed by atoms with Crippen molar-refractivity contribution in [1.82, 2.24) is 4.57 Å². The molecule has 0 unspecified atom stereocenters. The van der Waals surface area contributed by atoms with Crippen molar-refractivity contribution in [2.75, 3.05) is 0 Å². The first-order valence-corrected chi connectivity index (χ1v) is 15.3. The first-order valence-electron chi connectivity index (χ1n) is 15.3. The van der Waals surface area contributed by atoms with Crippen LogP contribution in [0.3, 0.4) is 0 Å². The minimum absolute atomic E-state index is 0.878. The fourth-order valence-electron chi connectivity index (χ4n) is 7.09. The van der Waals surface area contributed by atoms with E-state index in [0.717, 1.165) is 71.7 Å². The molecule has 45 heavy (non-hydrogen) atoms. The van der Waals surface area contributed by atoms with Crippen LogP contribution in [0.4, 0.5) is 0 Å². The maximum atomic E-state index is 6.67. The molecular weight excluding hydrogens is 550 g/mol. The molecule has 0 aliphatic heterocycles. The number of para-hydroxylation sites is 3. The van der Waals surface area contributed by atoms with E-state index >= 15 is 0 Å². The summed E-state index contributed by atoms with van der Waals surface area (Å²) in [5, 5.41) is 6.92. The number of rotatable bonds is 3. The van der Waals surface area contributed by atoms with Gasteiger partial charge in [-0.25, -0.2) is 0 Å². The monoisotopic (exact) mass is 575 g/mol. The van der Waals surface area contributed by atoms with Gasteiger partial charge in [-0.15, -0.1) is 0 Å². The Labute approximate surface area is 258 Å². The van der Waals surface area contributed by atoms with E-state index in [-0.39, 0.29) is 0 Å². The molecule has 3 aromatic heterocycles. The van der Waals surface area contributed by atoms with Crippen molar-refractivity contribution in [2.45, 2.75) is 0 Å². The molecular formula is C42H25NO2. The molecule has 3 nitrogen and oxygen atoms in total. The van der Waals surface area contributed by atoms with Gasteiger partial charge in [-0.1, -0.05) is 97.1 Å². The van der Waals surface area contributed by atoms with Crippen LogP contribution in [0.1, 0.15) is 0 Å². The second-order valence-electron chi connectivity index (χ2n) is 11.7. The standard InChI is InChI=1S/C42H25NO2/c1-2-9-26(10-3-1)27-17-20-37-33(23-27)30-11-4-6-14-36(30)43(37)38-15-8-13-32-35-25-29(19-22-41(35)45-42(32)38)28-18-21-40-34(24-28)31-12-5-7-16-39(31)44-40/h1-25H. The number of aromatic nitrogens is 1. The van der Waals surface area contributed by atoms with E-state index in [1.54, 1.807) is 0 Å². The van der Waals surface area contributed by atoms with Gasteiger partial charge in [0.2, 0.25) is 0 Å². The van der Waals surface area contributed by atoms with Crippen molar-refractivity contribution in [3.63, 3.8) is 0 Å². The van der Waals surface area contributed by atoms with Crippen molar-refractivity contribution in [1.29, 1.82) is 0 Å². The Balaban J connectivity index is 1.17. The summed E-state index contributed by atoms with van der Waals surface area (Å²) in [6.07, 6.45) is 0. The summed E-state index contributed by atoms with van der Waals surface area (Å²) in [4.78, 5) is 0. The number of nitrogens with zero attached hydrogens (tertiary/aromatic N) is 1. The Hall–Kier alpha value is -6.06. The average molecular weight is 576 g/mol. The molecule has 0 aliphatic rings. The van der Waals surface area contributed by atoms with Gasteiger partial charge in [0, 0.05) is 32.3 Å². The predicted molar refractivity (Wildman–Crippen MR) is 186 cm³/mol. The molecule has 0 amide bonds. The fraction of sp³-hybridized carbons (Fsp3) is 0. The quantitative estimate of drug-likeness (QED) is 0.210. The first kappa shape index (κ1) is 24.4. The number of benzene rings is 7. The molecule has 0 aliphatic carbocycles. The summed E-state index contributed by atoms with van der Waals surface area (Å²) < 4.78 is 15.1. The first-order chi connectivity index (χ1) is 22.3. The average Bonchev–Trinajstić information content (AvgIpc) is 3.77. The Morgan fingerprint density at radius 3 is 1.76 bits per heavy atom. The highest BCUT2D eigenvalue weighted by molar-refractivity contribution is 6.14. The summed E-state index contributed by atoms with van der Waals surface area (Å²) in [5.74, 6) is 0. The van der Waals surface area contributed by atoms with Gasteiger partial charge in [0.1, 0.15) is 16.7 Å². The van der Waals surface area contributed by atoms with Crippen LogP contribution < -0.4 is 0 Å². The third-order valence-electron chi connectivity index (χ3n) is 9.21. The minimum atomic E-state index is 0.878. The maximum Gasteiger partial charge on any atom is 0.159 e. The van der Waals surface area contributed by atoms with Crippen LogP contribution in [0.5, 0.6) is 0 Å². The van der Waals surface area contributed by atoms with Crippen LogP contribution in [0.15, 0.2) is 160 Å². The van der Waals surface area contributed by atoms with Gasteiger partial charge in [0.15, 0.2) is 5.58 Å². The largest absolute Gasteiger partial charge is 0.456 e. The van der Waals surface area contributed by atoms with E-state index in [2.05, 4.69) is 144 Å². The summed E-state index contributed by atoms with van der Waals surface area (Å²) in [6.45, 7) is 0. The molecule has 210 valence electrons. The molecule has 0 bridgehead atoms. The Bertz CT molecular complexity index is 2760. The normalized spacial score (nSPS) is 12.0. The summed E-state index contributed by atoms with van der Waals surface area (Å²) in [6, 6.07) is 53.7. The second-order valence-corrected chi connectivity index (χ2v) is 11.7. The molecule has 3 heterocycles. The summed E-state index contributed by atoms with van der Waals surface area (Å²) in [5.41, 5.74) is 11.7. The van der Waals surface area contributed by atoms with E-state index in [9.17, 15) is 0 Å². The number of fused-ring (bicyclic) bond motifs is 9. The van der Waals surface area contributed by atoms with E-state index in [0.29, 0.717) is 0 Å². The van der Waals surface area contributed by atoms with Gasteiger partial charge in [0.05, 0.1) is 16.7 Å². The third kappa shape index (κ3) is 3.58. The van der Waals surface area contributed by atoms with Gasteiger partial charge < -0.3 is 13.4 Å². The van der Waals surface area contributed by atoms with E-state index in [1.165, 1.54) is 21.9 Å². The van der Waals surface area contributed by atoms with Crippen molar-refractivity contribution in [2.24, 2.45) is 0 Å². The number of hydrogen-bond donors (Lipinski definition) is 0. The van der Waals surface area contributed by atoms with Crippen LogP contribution in [-0.4, -0.2) is 4.57 Å². The highest BCUT2D eigenvalue weighted by atomic mass is 16.3. The molecule has 0 saturated heterocycles. The van der Waals surface area contributed by atoms with Crippen molar-refractivity contribution in [3.05, 3.63) is 152 Å². The molecule has 0 atom stereocenters. The summed E-state index contributed by atoms with van der Waals surface area (Å²) in [7, 11) is 0. The summed E-state index contributed by atoms with van der Waals surface area (Å²) >= 11 is 0. The highest BCUT2D eigenvalue weighted by Gasteiger charge is 2.18. The minimum Gasteiger partial charge on any atom is -0.456 e. The SMILES string of the molecule is c1ccc(-c2ccc3c(c2)c2ccccc2n3-c2cccc3c2oc2ccc(-c4ccc5oc6ccccc6c5c4)cc23)cc1. The maximum absolute atomic E-state index is 6.67. The topological polar surface area (TPSA) is 31.2 Å². The zero-order valence-corrected chi connectivity index (χ0v) is 24.2. The lowest BCUT2D eigenvalue weighted by atomic mass is 10.0. The van der Waals surface area contributed by atoms with Crippen LogP contribution in [-0.2, 0) is 0 Å². The Morgan fingerprint density at radius 2 is 0.911 bits per heavy atom. The molecule has 3 heteroatoms. The molecule has 10 aromatic rings. The zero-order valence-electron chi connectivity index (χ0n) is 24.2. The van der Waals surface area contributed by atoms with E-state index in [1.807, 2.05) is 12.1 Å². The second kappa shape index (κ2) is 9.22. The molecule has 10 rings (SSSR count). The molecule has 0 radical (unpaired) electrons. The fourth-order valence-corrected chi connectivity index (χ4v) is 7.09. The predicted octanol–water partition coefficient (Wildman–Crippen LogP) is 11.9. The van der Waals surface area contributed by atoms with Crippen LogP contribution in [0, 0.1) is 0 Å². The van der Waals surface area contributed by atoms with E-state index in [4.69, 9.17) is 8.83 Å². The molecule has 0 fully saturated rings. The van der Waals surface area contributed by atoms with Crippen molar-refractivity contribution in [3.8, 4) is 27.9 Å². The van der Waals surface area contributed by atoms with Gasteiger partial charge in [-0.05, 0) is 76.9 Å². The lowest BCUT2D eigenvalue weighted by Gasteiger charge is -2.09. The van der Waals surface area contributed by atoms with Crippen LogP contribution >= 0.6 is 0 Å². The van der Waals surface area contributed by atoms with Gasteiger partial charge in [0.25, 0.3) is 0 Å². The smallest absolute Gasteiger partial charge is 0.159 e. The highest BCUT2D eigenvalue weighted by Crippen LogP contribution is 2.40. The van der Waals surface area contributed by atoms with Gasteiger partial charge in [-0.2, -0.15) is 0 Å². The van der Waals surface area contributed by atoms with Crippen molar-refractivity contribution >= 4 is 65.7 Å². The third-order valence-corrected chi connectivity index (χ3v) is 9.21. The lowest BCUT2D eigenvalue weighted by Crippen LogP contribution is -1.94. The molecule has 0 saturated carbocycles. The Morgan fingerprint density at radius 1 is 0.333 bits per heavy atom. The Kier molecular flexibility index (Phi) is 5.00. The van der Waals surface area contributed by atoms with Gasteiger partial charge >= 0.3 is 0 Å². The van der Waals surface area contributed by atoms with Crippen molar-refractivity contribution < 1.29 is 8.83 Å². The number of hydrogen-bond acceptors (Lipinski definition) is 2. The molecule has 0 N–H and O–H groups in total. The zero-order chi connectivity index (χ0) is 29.5. The molecule has 0 spiro atoms. The van der Waals surface area contributed by atoms with E-state index < -0.39 is 0 Å². The molecule has 7 aromatic carbocycles. The lowest BCUT2D eigenvalue weighted by molar-refractivity contribution is 0.666. The van der Waals surface area contributed by atoms with Gasteiger partial charge in [-0.3, -0.25) is 0 Å². The van der Waals surface area contributed by atoms with Crippen LogP contribution in [0.2, 0.25) is 0 Å². The van der Waals surface area contributed by atoms with Crippen LogP contribution in [0.25, 0.3) is 93.6 Å². The number of furan rings is 2.